The Labute approximate surface area is 120 Å². The number of ether oxygens (including phenoxy) is 1. The Balaban J connectivity index is 0.00000200. The Morgan fingerprint density at radius 1 is 1.20 bits per heavy atom. The number of benzene rings is 1. The highest BCUT2D eigenvalue weighted by Crippen LogP contribution is 2.35. The van der Waals surface area contributed by atoms with Gasteiger partial charge in [-0.15, -0.1) is 12.4 Å². The smallest absolute Gasteiger partial charge is 0.422 e. The van der Waals surface area contributed by atoms with Crippen LogP contribution in [0.1, 0.15) is 24.3 Å². The van der Waals surface area contributed by atoms with E-state index >= 15 is 0 Å². The second-order valence-corrected chi connectivity index (χ2v) is 4.59. The normalized spacial score (nSPS) is 16.6. The van der Waals surface area contributed by atoms with E-state index in [1.807, 2.05) is 0 Å². The van der Waals surface area contributed by atoms with Gasteiger partial charge in [0.1, 0.15) is 0 Å². The Kier molecular flexibility index (Phi) is 6.07. The first-order valence-electron chi connectivity index (χ1n) is 6.16. The summed E-state index contributed by atoms with van der Waals surface area (Å²) in [6.07, 6.45) is -2.93. The summed E-state index contributed by atoms with van der Waals surface area (Å²) in [7, 11) is 0. The van der Waals surface area contributed by atoms with Crippen LogP contribution in [0.2, 0.25) is 0 Å². The lowest BCUT2D eigenvalue weighted by Gasteiger charge is -2.25. The van der Waals surface area contributed by atoms with E-state index in [9.17, 15) is 17.6 Å². The summed E-state index contributed by atoms with van der Waals surface area (Å²) in [6.45, 7) is 0.0890. The standard InChI is InChI=1S/C13H15F4NO.ClH/c14-11-3-1-2-10(9-4-6-18-7-5-9)12(11)19-8-13(15,16)17;/h1-3,9,18H,4-8H2;1H. The average molecular weight is 314 g/mol. The Hall–Kier alpha value is -1.01. The summed E-state index contributed by atoms with van der Waals surface area (Å²) in [6, 6.07) is 4.27. The summed E-state index contributed by atoms with van der Waals surface area (Å²) in [4.78, 5) is 0. The van der Waals surface area contributed by atoms with Crippen molar-refractivity contribution >= 4 is 12.4 Å². The highest BCUT2D eigenvalue weighted by Gasteiger charge is 2.30. The molecule has 0 radical (unpaired) electrons. The zero-order valence-electron chi connectivity index (χ0n) is 10.7. The molecule has 0 spiro atoms. The van der Waals surface area contributed by atoms with Crippen molar-refractivity contribution in [2.45, 2.75) is 24.9 Å². The third-order valence-corrected chi connectivity index (χ3v) is 3.16. The van der Waals surface area contributed by atoms with Crippen molar-refractivity contribution in [1.82, 2.24) is 5.32 Å². The van der Waals surface area contributed by atoms with Gasteiger partial charge in [-0.1, -0.05) is 12.1 Å². The van der Waals surface area contributed by atoms with E-state index in [2.05, 4.69) is 10.1 Å². The quantitative estimate of drug-likeness (QED) is 0.860. The van der Waals surface area contributed by atoms with Crippen LogP contribution < -0.4 is 10.1 Å². The van der Waals surface area contributed by atoms with Crippen LogP contribution >= 0.6 is 12.4 Å². The molecule has 2 nitrogen and oxygen atoms in total. The van der Waals surface area contributed by atoms with Crippen LogP contribution in [-0.4, -0.2) is 25.9 Å². The van der Waals surface area contributed by atoms with Gasteiger partial charge in [0.05, 0.1) is 0 Å². The maximum absolute atomic E-state index is 13.7. The summed E-state index contributed by atoms with van der Waals surface area (Å²) in [5.74, 6) is -0.952. The van der Waals surface area contributed by atoms with Crippen LogP contribution in [0.25, 0.3) is 0 Å². The second kappa shape index (κ2) is 7.13. The van der Waals surface area contributed by atoms with Crippen LogP contribution in [-0.2, 0) is 0 Å². The van der Waals surface area contributed by atoms with E-state index in [4.69, 9.17) is 0 Å². The van der Waals surface area contributed by atoms with E-state index in [0.717, 1.165) is 32.0 Å². The van der Waals surface area contributed by atoms with Gasteiger partial charge in [0.15, 0.2) is 18.2 Å². The first-order valence-corrected chi connectivity index (χ1v) is 6.16. The number of rotatable bonds is 3. The maximum Gasteiger partial charge on any atom is 0.422 e. The molecule has 0 bridgehead atoms. The molecular formula is C13H16ClF4NO. The van der Waals surface area contributed by atoms with Crippen molar-refractivity contribution in [3.05, 3.63) is 29.6 Å². The molecule has 1 N–H and O–H groups in total. The molecule has 1 aliphatic heterocycles. The Morgan fingerprint density at radius 2 is 1.85 bits per heavy atom. The molecule has 1 aliphatic rings. The van der Waals surface area contributed by atoms with Crippen LogP contribution in [0.3, 0.4) is 0 Å². The molecule has 1 saturated heterocycles. The minimum Gasteiger partial charge on any atom is -0.481 e. The molecule has 1 fully saturated rings. The van der Waals surface area contributed by atoms with Crippen LogP contribution in [0, 0.1) is 5.82 Å². The number of para-hydroxylation sites is 1. The fraction of sp³-hybridized carbons (Fsp3) is 0.538. The van der Waals surface area contributed by atoms with E-state index in [0.29, 0.717) is 5.56 Å². The molecular weight excluding hydrogens is 298 g/mol. The zero-order chi connectivity index (χ0) is 13.9. The molecule has 7 heteroatoms. The topological polar surface area (TPSA) is 21.3 Å². The van der Waals surface area contributed by atoms with E-state index in [1.165, 1.54) is 6.07 Å². The lowest BCUT2D eigenvalue weighted by Crippen LogP contribution is -2.27. The van der Waals surface area contributed by atoms with Crippen LogP contribution in [0.5, 0.6) is 5.75 Å². The van der Waals surface area contributed by atoms with Crippen LogP contribution in [0.15, 0.2) is 18.2 Å². The van der Waals surface area contributed by atoms with Gasteiger partial charge in [0.25, 0.3) is 0 Å². The van der Waals surface area contributed by atoms with Crippen LogP contribution in [0.4, 0.5) is 17.6 Å². The van der Waals surface area contributed by atoms with Crippen molar-refractivity contribution in [2.75, 3.05) is 19.7 Å². The predicted octanol–water partition coefficient (Wildman–Crippen LogP) is 3.66. The highest BCUT2D eigenvalue weighted by atomic mass is 35.5. The molecule has 2 rings (SSSR count). The number of hydrogen-bond acceptors (Lipinski definition) is 2. The summed E-state index contributed by atoms with van der Waals surface area (Å²) < 4.78 is 54.9. The van der Waals surface area contributed by atoms with E-state index < -0.39 is 18.6 Å². The Morgan fingerprint density at radius 3 is 2.45 bits per heavy atom. The molecule has 1 aromatic carbocycles. The summed E-state index contributed by atoms with van der Waals surface area (Å²) in [5, 5.41) is 3.16. The minimum absolute atomic E-state index is 0. The number of hydrogen-bond donors (Lipinski definition) is 1. The second-order valence-electron chi connectivity index (χ2n) is 4.59. The summed E-state index contributed by atoms with van der Waals surface area (Å²) >= 11 is 0. The minimum atomic E-state index is -4.46. The highest BCUT2D eigenvalue weighted by molar-refractivity contribution is 5.85. The molecule has 20 heavy (non-hydrogen) atoms. The average Bonchev–Trinajstić information content (AvgIpc) is 2.37. The molecule has 114 valence electrons. The van der Waals surface area contributed by atoms with Crippen molar-refractivity contribution in [2.24, 2.45) is 0 Å². The third kappa shape index (κ3) is 4.52. The number of nitrogens with one attached hydrogen (secondary N) is 1. The van der Waals surface area contributed by atoms with Gasteiger partial charge < -0.3 is 10.1 Å². The largest absolute Gasteiger partial charge is 0.481 e. The first kappa shape index (κ1) is 17.0. The van der Waals surface area contributed by atoms with Gasteiger partial charge in [-0.2, -0.15) is 13.2 Å². The molecule has 0 atom stereocenters. The maximum atomic E-state index is 13.7. The molecule has 0 aliphatic carbocycles. The van der Waals surface area contributed by atoms with Gasteiger partial charge >= 0.3 is 6.18 Å². The fourth-order valence-corrected chi connectivity index (χ4v) is 2.29. The SMILES string of the molecule is Cl.Fc1cccc(C2CCNCC2)c1OCC(F)(F)F. The van der Waals surface area contributed by atoms with E-state index in [1.54, 1.807) is 6.07 Å². The summed E-state index contributed by atoms with van der Waals surface area (Å²) in [5.41, 5.74) is 0.533. The molecule has 1 aromatic rings. The van der Waals surface area contributed by atoms with Gasteiger partial charge in [-0.25, -0.2) is 4.39 Å². The van der Waals surface area contributed by atoms with Crippen molar-refractivity contribution < 1.29 is 22.3 Å². The van der Waals surface area contributed by atoms with Gasteiger partial charge in [0.2, 0.25) is 0 Å². The monoisotopic (exact) mass is 313 g/mol. The zero-order valence-corrected chi connectivity index (χ0v) is 11.5. The van der Waals surface area contributed by atoms with Gasteiger partial charge in [-0.3, -0.25) is 0 Å². The number of alkyl halides is 3. The lowest BCUT2D eigenvalue weighted by atomic mass is 9.89. The van der Waals surface area contributed by atoms with E-state index in [-0.39, 0.29) is 24.1 Å². The third-order valence-electron chi connectivity index (χ3n) is 3.16. The van der Waals surface area contributed by atoms with Gasteiger partial charge in [-0.05, 0) is 37.9 Å². The first-order chi connectivity index (χ1) is 8.97. The molecule has 0 saturated carbocycles. The van der Waals surface area contributed by atoms with Gasteiger partial charge in [0, 0.05) is 5.56 Å². The molecule has 1 heterocycles. The van der Waals surface area contributed by atoms with Crippen molar-refractivity contribution in [1.29, 1.82) is 0 Å². The Bertz CT molecular complexity index is 433. The van der Waals surface area contributed by atoms with Crippen molar-refractivity contribution in [3.63, 3.8) is 0 Å². The molecule has 0 unspecified atom stereocenters. The fourth-order valence-electron chi connectivity index (χ4n) is 2.29. The van der Waals surface area contributed by atoms with Crippen molar-refractivity contribution in [3.8, 4) is 5.75 Å². The number of piperidine rings is 1. The molecule has 0 amide bonds. The number of halogens is 5. The molecule has 0 aromatic heterocycles. The lowest BCUT2D eigenvalue weighted by molar-refractivity contribution is -0.154. The predicted molar refractivity (Wildman–Crippen MR) is 70.0 cm³/mol.